The van der Waals surface area contributed by atoms with Gasteiger partial charge >= 0.3 is 0 Å². The van der Waals surface area contributed by atoms with Crippen LogP contribution < -0.4 is 5.73 Å². The largest absolute Gasteiger partial charge is 0.398 e. The Kier molecular flexibility index (Phi) is 3.95. The topological polar surface area (TPSA) is 29.3 Å². The van der Waals surface area contributed by atoms with Crippen LogP contribution in [-0.4, -0.2) is 10.9 Å². The zero-order valence-corrected chi connectivity index (χ0v) is 12.2. The number of benzene rings is 2. The van der Waals surface area contributed by atoms with Crippen molar-refractivity contribution in [1.82, 2.24) is 4.90 Å². The summed E-state index contributed by atoms with van der Waals surface area (Å²) in [6, 6.07) is 16.9. The molecule has 0 amide bonds. The maximum absolute atomic E-state index is 6.28. The maximum Gasteiger partial charge on any atom is 0.0451 e. The third-order valence-corrected chi connectivity index (χ3v) is 4.19. The Bertz CT molecular complexity index is 546. The quantitative estimate of drug-likeness (QED) is 0.839. The highest BCUT2D eigenvalue weighted by Gasteiger charge is 2.29. The Balaban J connectivity index is 1.77. The lowest BCUT2D eigenvalue weighted by Crippen LogP contribution is -2.25. The van der Waals surface area contributed by atoms with Crippen LogP contribution in [0.2, 0.25) is 5.02 Å². The van der Waals surface area contributed by atoms with E-state index in [0.29, 0.717) is 6.04 Å². The summed E-state index contributed by atoms with van der Waals surface area (Å²) in [6.07, 6.45) is 2.55. The van der Waals surface area contributed by atoms with Crippen molar-refractivity contribution in [2.75, 3.05) is 5.73 Å². The summed E-state index contributed by atoms with van der Waals surface area (Å²) in [4.78, 5) is 2.48. The molecule has 20 heavy (non-hydrogen) atoms. The van der Waals surface area contributed by atoms with Gasteiger partial charge in [-0.3, -0.25) is 4.90 Å². The molecule has 1 fully saturated rings. The van der Waals surface area contributed by atoms with Crippen molar-refractivity contribution < 1.29 is 0 Å². The summed E-state index contributed by atoms with van der Waals surface area (Å²) >= 11 is 6.28. The van der Waals surface area contributed by atoms with Gasteiger partial charge < -0.3 is 5.73 Å². The summed E-state index contributed by atoms with van der Waals surface area (Å²) in [6.45, 7) is 1.78. The van der Waals surface area contributed by atoms with Gasteiger partial charge in [-0.2, -0.15) is 0 Å². The van der Waals surface area contributed by atoms with Crippen LogP contribution in [-0.2, 0) is 13.1 Å². The molecule has 0 heterocycles. The predicted molar refractivity (Wildman–Crippen MR) is 84.6 cm³/mol. The second-order valence-electron chi connectivity index (χ2n) is 5.43. The van der Waals surface area contributed by atoms with Crippen molar-refractivity contribution in [3.63, 3.8) is 0 Å². The molecule has 1 saturated carbocycles. The smallest absolute Gasteiger partial charge is 0.0451 e. The molecule has 104 valence electrons. The summed E-state index contributed by atoms with van der Waals surface area (Å²) in [5, 5.41) is 0.846. The maximum atomic E-state index is 6.28. The molecule has 2 aromatic rings. The van der Waals surface area contributed by atoms with Crippen LogP contribution >= 0.6 is 11.6 Å². The minimum Gasteiger partial charge on any atom is -0.398 e. The van der Waals surface area contributed by atoms with E-state index in [0.717, 1.165) is 23.8 Å². The van der Waals surface area contributed by atoms with Crippen LogP contribution in [0.1, 0.15) is 24.0 Å². The Hall–Kier alpha value is -1.51. The molecule has 0 aromatic heterocycles. The zero-order chi connectivity index (χ0) is 13.9. The fourth-order valence-corrected chi connectivity index (χ4v) is 2.69. The van der Waals surface area contributed by atoms with E-state index in [4.69, 9.17) is 17.3 Å². The second kappa shape index (κ2) is 5.86. The molecule has 0 atom stereocenters. The first-order valence-corrected chi connectivity index (χ1v) is 7.42. The lowest BCUT2D eigenvalue weighted by Gasteiger charge is -2.23. The number of para-hydroxylation sites is 1. The zero-order valence-electron chi connectivity index (χ0n) is 11.4. The van der Waals surface area contributed by atoms with Gasteiger partial charge in [0.25, 0.3) is 0 Å². The number of hydrogen-bond acceptors (Lipinski definition) is 2. The van der Waals surface area contributed by atoms with Crippen LogP contribution in [0.5, 0.6) is 0 Å². The number of halogens is 1. The normalized spacial score (nSPS) is 14.7. The van der Waals surface area contributed by atoms with Crippen molar-refractivity contribution in [2.45, 2.75) is 32.0 Å². The molecule has 3 rings (SSSR count). The standard InChI is InChI=1S/C17H19ClN2/c18-16-7-3-1-5-13(16)11-20(15-9-10-15)12-14-6-2-4-8-17(14)19/h1-8,15H,9-12,19H2. The molecule has 2 aromatic carbocycles. The highest BCUT2D eigenvalue weighted by atomic mass is 35.5. The van der Waals surface area contributed by atoms with Crippen molar-refractivity contribution in [3.8, 4) is 0 Å². The van der Waals surface area contributed by atoms with Gasteiger partial charge in [-0.05, 0) is 36.1 Å². The molecule has 3 heteroatoms. The van der Waals surface area contributed by atoms with E-state index in [1.54, 1.807) is 0 Å². The molecule has 0 aliphatic heterocycles. The van der Waals surface area contributed by atoms with Crippen molar-refractivity contribution in [1.29, 1.82) is 0 Å². The lowest BCUT2D eigenvalue weighted by atomic mass is 10.1. The van der Waals surface area contributed by atoms with E-state index >= 15 is 0 Å². The van der Waals surface area contributed by atoms with Gasteiger partial charge in [-0.15, -0.1) is 0 Å². The van der Waals surface area contributed by atoms with Gasteiger partial charge in [0, 0.05) is 29.8 Å². The van der Waals surface area contributed by atoms with Crippen LogP contribution in [0.25, 0.3) is 0 Å². The minimum atomic E-state index is 0.672. The highest BCUT2D eigenvalue weighted by molar-refractivity contribution is 6.31. The molecule has 1 aliphatic carbocycles. The molecular weight excluding hydrogens is 268 g/mol. The van der Waals surface area contributed by atoms with Gasteiger partial charge in [0.15, 0.2) is 0 Å². The molecule has 1 aliphatic rings. The molecule has 0 spiro atoms. The van der Waals surface area contributed by atoms with Crippen LogP contribution in [0.4, 0.5) is 5.69 Å². The monoisotopic (exact) mass is 286 g/mol. The summed E-state index contributed by atoms with van der Waals surface area (Å²) < 4.78 is 0. The van der Waals surface area contributed by atoms with Crippen LogP contribution in [0.15, 0.2) is 48.5 Å². The third kappa shape index (κ3) is 3.14. The predicted octanol–water partition coefficient (Wildman–Crippen LogP) is 4.09. The van der Waals surface area contributed by atoms with E-state index in [-0.39, 0.29) is 0 Å². The van der Waals surface area contributed by atoms with Gasteiger partial charge in [0.05, 0.1) is 0 Å². The van der Waals surface area contributed by atoms with Crippen LogP contribution in [0, 0.1) is 0 Å². The first-order chi connectivity index (χ1) is 9.74. The molecule has 0 radical (unpaired) electrons. The van der Waals surface area contributed by atoms with Gasteiger partial charge in [-0.25, -0.2) is 0 Å². The lowest BCUT2D eigenvalue weighted by molar-refractivity contribution is 0.246. The molecular formula is C17H19ClN2. The number of nitrogens with two attached hydrogens (primary N) is 1. The Labute approximate surface area is 125 Å². The van der Waals surface area contributed by atoms with Crippen molar-refractivity contribution in [2.24, 2.45) is 0 Å². The van der Waals surface area contributed by atoms with E-state index in [1.165, 1.54) is 24.0 Å². The second-order valence-corrected chi connectivity index (χ2v) is 5.83. The number of nitrogen functional groups attached to an aromatic ring is 1. The summed E-state index contributed by atoms with van der Waals surface area (Å²) in [7, 11) is 0. The average Bonchev–Trinajstić information content (AvgIpc) is 3.27. The number of anilines is 1. The molecule has 0 unspecified atom stereocenters. The van der Waals surface area contributed by atoms with Crippen molar-refractivity contribution in [3.05, 3.63) is 64.7 Å². The molecule has 0 bridgehead atoms. The average molecular weight is 287 g/mol. The van der Waals surface area contributed by atoms with Crippen molar-refractivity contribution >= 4 is 17.3 Å². The molecule has 2 N–H and O–H groups in total. The summed E-state index contributed by atoms with van der Waals surface area (Å²) in [5.74, 6) is 0. The molecule has 2 nitrogen and oxygen atoms in total. The third-order valence-electron chi connectivity index (χ3n) is 3.82. The first-order valence-electron chi connectivity index (χ1n) is 7.05. The summed E-state index contributed by atoms with van der Waals surface area (Å²) in [5.41, 5.74) is 9.32. The number of nitrogens with zero attached hydrogens (tertiary/aromatic N) is 1. The van der Waals surface area contributed by atoms with Gasteiger partial charge in [0.1, 0.15) is 0 Å². The number of rotatable bonds is 5. The Morgan fingerprint density at radius 2 is 1.55 bits per heavy atom. The highest BCUT2D eigenvalue weighted by Crippen LogP contribution is 2.31. The Morgan fingerprint density at radius 1 is 0.950 bits per heavy atom. The van der Waals surface area contributed by atoms with E-state index in [1.807, 2.05) is 36.4 Å². The van der Waals surface area contributed by atoms with E-state index < -0.39 is 0 Å². The fourth-order valence-electron chi connectivity index (χ4n) is 2.50. The minimum absolute atomic E-state index is 0.672. The Morgan fingerprint density at radius 3 is 2.20 bits per heavy atom. The van der Waals surface area contributed by atoms with E-state index in [9.17, 15) is 0 Å². The first kappa shape index (κ1) is 13.5. The SMILES string of the molecule is Nc1ccccc1CN(Cc1ccccc1Cl)C1CC1. The van der Waals surface area contributed by atoms with E-state index in [2.05, 4.69) is 17.0 Å². The van der Waals surface area contributed by atoms with Crippen LogP contribution in [0.3, 0.4) is 0 Å². The van der Waals surface area contributed by atoms with Gasteiger partial charge in [0.2, 0.25) is 0 Å². The number of hydrogen-bond donors (Lipinski definition) is 1. The van der Waals surface area contributed by atoms with Gasteiger partial charge in [-0.1, -0.05) is 48.0 Å². The molecule has 0 saturated heterocycles. The fraction of sp³-hybridized carbons (Fsp3) is 0.294.